The second-order valence-electron chi connectivity index (χ2n) is 5.70. The Morgan fingerprint density at radius 2 is 1.75 bits per heavy atom. The molecule has 0 aliphatic heterocycles. The zero-order chi connectivity index (χ0) is 15.1. The highest BCUT2D eigenvalue weighted by Gasteiger charge is 2.22. The largest absolute Gasteiger partial charge is 0.232 e. The summed E-state index contributed by atoms with van der Waals surface area (Å²) in [6, 6.07) is 4.19. The van der Waals surface area contributed by atoms with Gasteiger partial charge in [-0.3, -0.25) is 0 Å². The highest BCUT2D eigenvalue weighted by Crippen LogP contribution is 2.30. The maximum Gasteiger partial charge on any atom is 0.138 e. The Labute approximate surface area is 125 Å². The first-order chi connectivity index (χ1) is 9.20. The third kappa shape index (κ3) is 2.87. The van der Waals surface area contributed by atoms with Gasteiger partial charge in [-0.05, 0) is 40.5 Å². The molecule has 1 aromatic heterocycles. The minimum atomic E-state index is -0.626. The van der Waals surface area contributed by atoms with Gasteiger partial charge in [-0.1, -0.05) is 26.8 Å². The molecule has 2 aromatic rings. The summed E-state index contributed by atoms with van der Waals surface area (Å²) in [5, 5.41) is 0. The Balaban J connectivity index is 2.71. The zero-order valence-electron chi connectivity index (χ0n) is 11.8. The van der Waals surface area contributed by atoms with Gasteiger partial charge in [0.05, 0.1) is 11.3 Å². The minimum absolute atomic E-state index is 0.112. The minimum Gasteiger partial charge on any atom is -0.232 e. The molecule has 0 N–H and O–H groups in total. The van der Waals surface area contributed by atoms with Crippen molar-refractivity contribution in [1.82, 2.24) is 9.97 Å². The predicted octanol–water partition coefficient (Wildman–Crippen LogP) is 4.79. The van der Waals surface area contributed by atoms with Gasteiger partial charge in [-0.2, -0.15) is 0 Å². The second kappa shape index (κ2) is 5.20. The molecule has 20 heavy (non-hydrogen) atoms. The molecular formula is C15H15BrF2N2. The number of aromatic nitrogens is 2. The van der Waals surface area contributed by atoms with Gasteiger partial charge in [0.1, 0.15) is 22.1 Å². The molecule has 1 heterocycles. The summed E-state index contributed by atoms with van der Waals surface area (Å²) in [7, 11) is 0. The number of hydrogen-bond acceptors (Lipinski definition) is 2. The van der Waals surface area contributed by atoms with E-state index in [1.54, 1.807) is 6.92 Å². The molecule has 1 aromatic carbocycles. The van der Waals surface area contributed by atoms with Crippen molar-refractivity contribution in [3.8, 4) is 11.3 Å². The number of benzene rings is 1. The molecule has 0 fully saturated rings. The number of hydrogen-bond donors (Lipinski definition) is 0. The Kier molecular flexibility index (Phi) is 3.91. The van der Waals surface area contributed by atoms with Crippen LogP contribution in [0.15, 0.2) is 22.8 Å². The summed E-state index contributed by atoms with van der Waals surface area (Å²) in [6.07, 6.45) is 0. The fraction of sp³-hybridized carbons (Fsp3) is 0.333. The van der Waals surface area contributed by atoms with Crippen molar-refractivity contribution in [3.05, 3.63) is 45.8 Å². The predicted molar refractivity (Wildman–Crippen MR) is 78.5 cm³/mol. The van der Waals surface area contributed by atoms with E-state index in [1.807, 2.05) is 20.8 Å². The van der Waals surface area contributed by atoms with E-state index in [9.17, 15) is 8.78 Å². The van der Waals surface area contributed by atoms with Crippen molar-refractivity contribution in [2.24, 2.45) is 0 Å². The average molecular weight is 341 g/mol. The van der Waals surface area contributed by atoms with Crippen LogP contribution in [0.1, 0.15) is 32.2 Å². The summed E-state index contributed by atoms with van der Waals surface area (Å²) in [5.41, 5.74) is 0.206. The molecule has 0 spiro atoms. The third-order valence-electron chi connectivity index (χ3n) is 2.91. The number of nitrogens with zero attached hydrogens (tertiary/aromatic N) is 2. The molecule has 0 amide bonds. The van der Waals surface area contributed by atoms with Gasteiger partial charge in [0.15, 0.2) is 0 Å². The lowest BCUT2D eigenvalue weighted by atomic mass is 9.95. The Bertz CT molecular complexity index is 664. The lowest BCUT2D eigenvalue weighted by molar-refractivity contribution is 0.542. The zero-order valence-corrected chi connectivity index (χ0v) is 13.3. The van der Waals surface area contributed by atoms with Gasteiger partial charge in [-0.15, -0.1) is 0 Å². The van der Waals surface area contributed by atoms with E-state index in [0.29, 0.717) is 16.0 Å². The van der Waals surface area contributed by atoms with Crippen molar-refractivity contribution in [2.75, 3.05) is 0 Å². The molecule has 0 saturated carbocycles. The summed E-state index contributed by atoms with van der Waals surface area (Å²) < 4.78 is 28.7. The van der Waals surface area contributed by atoms with E-state index in [4.69, 9.17) is 0 Å². The van der Waals surface area contributed by atoms with Gasteiger partial charge in [0.25, 0.3) is 0 Å². The van der Waals surface area contributed by atoms with Crippen LogP contribution in [0.25, 0.3) is 11.3 Å². The molecule has 0 radical (unpaired) electrons. The normalized spacial score (nSPS) is 11.8. The molecule has 0 saturated heterocycles. The number of halogens is 3. The maximum absolute atomic E-state index is 14.2. The van der Waals surface area contributed by atoms with Crippen LogP contribution in [-0.4, -0.2) is 9.97 Å². The fourth-order valence-electron chi connectivity index (χ4n) is 1.77. The van der Waals surface area contributed by atoms with Gasteiger partial charge in [-0.25, -0.2) is 18.7 Å². The van der Waals surface area contributed by atoms with Gasteiger partial charge in [0.2, 0.25) is 0 Å². The molecular weight excluding hydrogens is 326 g/mol. The summed E-state index contributed by atoms with van der Waals surface area (Å²) >= 11 is 3.27. The first-order valence-electron chi connectivity index (χ1n) is 6.20. The van der Waals surface area contributed by atoms with Crippen molar-refractivity contribution in [3.63, 3.8) is 0 Å². The van der Waals surface area contributed by atoms with Crippen LogP contribution in [-0.2, 0) is 5.41 Å². The first-order valence-corrected chi connectivity index (χ1v) is 6.99. The van der Waals surface area contributed by atoms with Crippen LogP contribution in [0.5, 0.6) is 0 Å². The van der Waals surface area contributed by atoms with Crippen LogP contribution in [0, 0.1) is 18.6 Å². The quantitative estimate of drug-likeness (QED) is 0.697. The molecule has 0 unspecified atom stereocenters. The molecule has 106 valence electrons. The standard InChI is InChI=1S/C15H15BrF2N2/c1-8-5-6-9(17)12(13(8)18)10-7-11(16)20-14(19-10)15(2,3)4/h5-7H,1-4H3. The Morgan fingerprint density at radius 1 is 1.10 bits per heavy atom. The molecule has 0 aliphatic rings. The molecule has 5 heteroatoms. The first kappa shape index (κ1) is 15.0. The lowest BCUT2D eigenvalue weighted by Crippen LogP contribution is -2.16. The Morgan fingerprint density at radius 3 is 2.35 bits per heavy atom. The Hall–Kier alpha value is -1.36. The molecule has 0 atom stereocenters. The van der Waals surface area contributed by atoms with Gasteiger partial charge < -0.3 is 0 Å². The topological polar surface area (TPSA) is 25.8 Å². The maximum atomic E-state index is 14.2. The van der Waals surface area contributed by atoms with Crippen LogP contribution >= 0.6 is 15.9 Å². The fourth-order valence-corrected chi connectivity index (χ4v) is 2.16. The highest BCUT2D eigenvalue weighted by molar-refractivity contribution is 9.10. The van der Waals surface area contributed by atoms with Crippen molar-refractivity contribution >= 4 is 15.9 Å². The van der Waals surface area contributed by atoms with Crippen LogP contribution in [0.3, 0.4) is 0 Å². The number of rotatable bonds is 1. The van der Waals surface area contributed by atoms with E-state index in [2.05, 4.69) is 25.9 Å². The van der Waals surface area contributed by atoms with E-state index < -0.39 is 11.6 Å². The van der Waals surface area contributed by atoms with E-state index in [-0.39, 0.29) is 16.7 Å². The third-order valence-corrected chi connectivity index (χ3v) is 3.31. The molecule has 2 rings (SSSR count). The van der Waals surface area contributed by atoms with Gasteiger partial charge in [0, 0.05) is 5.41 Å². The number of aryl methyl sites for hydroxylation is 1. The van der Waals surface area contributed by atoms with Gasteiger partial charge >= 0.3 is 0 Å². The smallest absolute Gasteiger partial charge is 0.138 e. The summed E-state index contributed by atoms with van der Waals surface area (Å²) in [6.45, 7) is 7.43. The summed E-state index contributed by atoms with van der Waals surface area (Å²) in [4.78, 5) is 8.59. The van der Waals surface area contributed by atoms with Crippen LogP contribution < -0.4 is 0 Å². The van der Waals surface area contributed by atoms with E-state index in [0.717, 1.165) is 0 Å². The summed E-state index contributed by atoms with van der Waals surface area (Å²) in [5.74, 6) is -0.684. The SMILES string of the molecule is Cc1ccc(F)c(-c2cc(Br)nc(C(C)(C)C)n2)c1F. The van der Waals surface area contributed by atoms with E-state index >= 15 is 0 Å². The molecule has 2 nitrogen and oxygen atoms in total. The highest BCUT2D eigenvalue weighted by atomic mass is 79.9. The molecule has 0 aliphatic carbocycles. The van der Waals surface area contributed by atoms with Crippen LogP contribution in [0.2, 0.25) is 0 Å². The van der Waals surface area contributed by atoms with Crippen LogP contribution in [0.4, 0.5) is 8.78 Å². The van der Waals surface area contributed by atoms with Crippen molar-refractivity contribution in [1.29, 1.82) is 0 Å². The van der Waals surface area contributed by atoms with Crippen molar-refractivity contribution < 1.29 is 8.78 Å². The molecule has 0 bridgehead atoms. The van der Waals surface area contributed by atoms with E-state index in [1.165, 1.54) is 18.2 Å². The van der Waals surface area contributed by atoms with Crippen molar-refractivity contribution in [2.45, 2.75) is 33.1 Å². The monoisotopic (exact) mass is 340 g/mol. The average Bonchev–Trinajstić information content (AvgIpc) is 2.33. The lowest BCUT2D eigenvalue weighted by Gasteiger charge is -2.18. The second-order valence-corrected chi connectivity index (χ2v) is 6.52.